The van der Waals surface area contributed by atoms with Crippen LogP contribution in [0.3, 0.4) is 0 Å². The molecule has 2 rings (SSSR count). The van der Waals surface area contributed by atoms with Crippen LogP contribution in [-0.2, 0) is 11.2 Å². The van der Waals surface area contributed by atoms with E-state index in [0.717, 1.165) is 22.9 Å². The Labute approximate surface area is 127 Å². The number of aromatic nitrogens is 2. The van der Waals surface area contributed by atoms with Crippen LogP contribution in [0.5, 0.6) is 0 Å². The Kier molecular flexibility index (Phi) is 4.37. The molecule has 0 radical (unpaired) electrons. The molecule has 4 heteroatoms. The van der Waals surface area contributed by atoms with Crippen molar-refractivity contribution < 1.29 is 4.74 Å². The van der Waals surface area contributed by atoms with E-state index in [4.69, 9.17) is 15.5 Å². The van der Waals surface area contributed by atoms with E-state index in [1.165, 1.54) is 0 Å². The summed E-state index contributed by atoms with van der Waals surface area (Å²) >= 11 is 0. The molecule has 0 saturated heterocycles. The predicted octanol–water partition coefficient (Wildman–Crippen LogP) is 3.68. The van der Waals surface area contributed by atoms with Crippen LogP contribution in [0.15, 0.2) is 30.3 Å². The lowest BCUT2D eigenvalue weighted by Gasteiger charge is -2.22. The van der Waals surface area contributed by atoms with Crippen LogP contribution in [0.2, 0.25) is 0 Å². The van der Waals surface area contributed by atoms with Crippen LogP contribution in [0, 0.1) is 0 Å². The number of methoxy groups -OCH3 is 1. The predicted molar refractivity (Wildman–Crippen MR) is 87.3 cm³/mol. The Morgan fingerprint density at radius 1 is 1.24 bits per heavy atom. The number of nitrogens with two attached hydrogens (primary N) is 1. The summed E-state index contributed by atoms with van der Waals surface area (Å²) in [5.41, 5.74) is 8.05. The molecule has 0 amide bonds. The lowest BCUT2D eigenvalue weighted by molar-refractivity contribution is 0.0226. The topological polar surface area (TPSA) is 53.1 Å². The Bertz CT molecular complexity index is 600. The van der Waals surface area contributed by atoms with Gasteiger partial charge in [0.15, 0.2) is 0 Å². The minimum Gasteiger partial charge on any atom is -0.384 e. The van der Waals surface area contributed by atoms with Crippen molar-refractivity contribution in [2.45, 2.75) is 45.8 Å². The molecule has 0 spiro atoms. The number of anilines is 1. The molecule has 1 aromatic carbocycles. The maximum Gasteiger partial charge on any atom is 0.142 e. The van der Waals surface area contributed by atoms with E-state index in [9.17, 15) is 0 Å². The zero-order chi connectivity index (χ0) is 15.6. The second kappa shape index (κ2) is 5.90. The molecular weight excluding hydrogens is 262 g/mol. The molecule has 4 nitrogen and oxygen atoms in total. The molecule has 114 valence electrons. The van der Waals surface area contributed by atoms with Crippen LogP contribution < -0.4 is 5.73 Å². The van der Waals surface area contributed by atoms with Crippen molar-refractivity contribution in [3.05, 3.63) is 36.0 Å². The molecule has 0 atom stereocenters. The van der Waals surface area contributed by atoms with Gasteiger partial charge in [-0.25, -0.2) is 4.98 Å². The van der Waals surface area contributed by atoms with Crippen LogP contribution in [0.25, 0.3) is 11.4 Å². The highest BCUT2D eigenvalue weighted by molar-refractivity contribution is 5.61. The zero-order valence-electron chi connectivity index (χ0n) is 13.6. The van der Waals surface area contributed by atoms with Crippen LogP contribution in [0.4, 0.5) is 5.82 Å². The van der Waals surface area contributed by atoms with Gasteiger partial charge in [0.25, 0.3) is 0 Å². The molecule has 0 saturated carbocycles. The Balaban J connectivity index is 2.51. The molecular formula is C17H25N3O. The first-order valence-electron chi connectivity index (χ1n) is 7.33. The van der Waals surface area contributed by atoms with Gasteiger partial charge in [-0.05, 0) is 27.7 Å². The summed E-state index contributed by atoms with van der Waals surface area (Å²) in [7, 11) is 1.72. The van der Waals surface area contributed by atoms with Gasteiger partial charge < -0.3 is 15.0 Å². The number of benzene rings is 1. The van der Waals surface area contributed by atoms with E-state index < -0.39 is 0 Å². The molecule has 0 aliphatic heterocycles. The second-order valence-corrected chi connectivity index (χ2v) is 6.24. The lowest BCUT2D eigenvalue weighted by atomic mass is 10.0. The van der Waals surface area contributed by atoms with E-state index in [-0.39, 0.29) is 11.6 Å². The third kappa shape index (κ3) is 3.27. The van der Waals surface area contributed by atoms with Gasteiger partial charge in [0.2, 0.25) is 0 Å². The van der Waals surface area contributed by atoms with Gasteiger partial charge in [-0.3, -0.25) is 0 Å². The molecule has 0 unspecified atom stereocenters. The van der Waals surface area contributed by atoms with Crippen LogP contribution in [0.1, 0.15) is 39.4 Å². The maximum absolute atomic E-state index is 6.35. The summed E-state index contributed by atoms with van der Waals surface area (Å²) in [6, 6.07) is 10.4. The smallest absolute Gasteiger partial charge is 0.142 e. The van der Waals surface area contributed by atoms with Crippen molar-refractivity contribution >= 4 is 5.82 Å². The zero-order valence-corrected chi connectivity index (χ0v) is 13.6. The number of hydrogen-bond donors (Lipinski definition) is 1. The summed E-state index contributed by atoms with van der Waals surface area (Å²) in [5.74, 6) is 1.65. The largest absolute Gasteiger partial charge is 0.384 e. The van der Waals surface area contributed by atoms with Crippen LogP contribution >= 0.6 is 0 Å². The summed E-state index contributed by atoms with van der Waals surface area (Å²) in [5, 5.41) is 0. The van der Waals surface area contributed by atoms with E-state index in [1.807, 2.05) is 32.0 Å². The monoisotopic (exact) mass is 287 g/mol. The fraction of sp³-hybridized carbons (Fsp3) is 0.471. The van der Waals surface area contributed by atoms with Gasteiger partial charge in [0.1, 0.15) is 11.6 Å². The first-order chi connectivity index (χ1) is 9.85. The maximum atomic E-state index is 6.35. The third-order valence-electron chi connectivity index (χ3n) is 3.72. The van der Waals surface area contributed by atoms with Gasteiger partial charge in [-0.1, -0.05) is 30.3 Å². The van der Waals surface area contributed by atoms with Crippen molar-refractivity contribution in [1.29, 1.82) is 0 Å². The number of nitrogen functional groups attached to an aromatic ring is 1. The standard InChI is InChI=1S/C17H25N3O/c1-12(2)20-15(18)14(11-17(3,4)21-5)19-16(20)13-9-7-6-8-10-13/h6-10,12H,11,18H2,1-5H3. The average molecular weight is 287 g/mol. The summed E-state index contributed by atoms with van der Waals surface area (Å²) in [6.45, 7) is 8.33. The average Bonchev–Trinajstić information content (AvgIpc) is 2.76. The number of ether oxygens (including phenoxy) is 1. The lowest BCUT2D eigenvalue weighted by Crippen LogP contribution is -2.26. The van der Waals surface area contributed by atoms with E-state index in [1.54, 1.807) is 7.11 Å². The molecule has 0 bridgehead atoms. The normalized spacial score (nSPS) is 12.1. The fourth-order valence-corrected chi connectivity index (χ4v) is 2.41. The molecule has 21 heavy (non-hydrogen) atoms. The molecule has 2 aromatic rings. The number of imidazole rings is 1. The van der Waals surface area contributed by atoms with E-state index >= 15 is 0 Å². The SMILES string of the molecule is COC(C)(C)Cc1nc(-c2ccccc2)n(C(C)C)c1N. The van der Waals surface area contributed by atoms with Gasteiger partial charge in [0, 0.05) is 25.1 Å². The first kappa shape index (κ1) is 15.6. The van der Waals surface area contributed by atoms with E-state index in [0.29, 0.717) is 6.42 Å². The molecule has 1 heterocycles. The van der Waals surface area contributed by atoms with Crippen molar-refractivity contribution in [3.63, 3.8) is 0 Å². The van der Waals surface area contributed by atoms with Crippen molar-refractivity contribution in [2.75, 3.05) is 12.8 Å². The Morgan fingerprint density at radius 2 is 1.86 bits per heavy atom. The number of hydrogen-bond acceptors (Lipinski definition) is 3. The Hall–Kier alpha value is -1.81. The Morgan fingerprint density at radius 3 is 2.38 bits per heavy atom. The summed E-state index contributed by atoms with van der Waals surface area (Å²) < 4.78 is 7.60. The first-order valence-corrected chi connectivity index (χ1v) is 7.33. The summed E-state index contributed by atoms with van der Waals surface area (Å²) in [4.78, 5) is 4.79. The van der Waals surface area contributed by atoms with Gasteiger partial charge in [-0.15, -0.1) is 0 Å². The van der Waals surface area contributed by atoms with E-state index in [2.05, 4.69) is 30.5 Å². The highest BCUT2D eigenvalue weighted by Gasteiger charge is 2.24. The van der Waals surface area contributed by atoms with Gasteiger partial charge >= 0.3 is 0 Å². The fourth-order valence-electron chi connectivity index (χ4n) is 2.41. The van der Waals surface area contributed by atoms with Crippen molar-refractivity contribution in [2.24, 2.45) is 0 Å². The molecule has 0 aliphatic carbocycles. The third-order valence-corrected chi connectivity index (χ3v) is 3.72. The van der Waals surface area contributed by atoms with Gasteiger partial charge in [-0.2, -0.15) is 0 Å². The molecule has 0 aliphatic rings. The minimum absolute atomic E-state index is 0.257. The highest BCUT2D eigenvalue weighted by atomic mass is 16.5. The molecule has 0 fully saturated rings. The van der Waals surface area contributed by atoms with Gasteiger partial charge in [0.05, 0.1) is 11.3 Å². The molecule has 2 N–H and O–H groups in total. The number of nitrogens with zero attached hydrogens (tertiary/aromatic N) is 2. The second-order valence-electron chi connectivity index (χ2n) is 6.24. The number of rotatable bonds is 5. The summed E-state index contributed by atoms with van der Waals surface area (Å²) in [6.07, 6.45) is 0.689. The van der Waals surface area contributed by atoms with Crippen molar-refractivity contribution in [3.8, 4) is 11.4 Å². The van der Waals surface area contributed by atoms with Crippen molar-refractivity contribution in [1.82, 2.24) is 9.55 Å². The molecule has 1 aromatic heterocycles. The minimum atomic E-state index is -0.280. The quantitative estimate of drug-likeness (QED) is 0.912. The van der Waals surface area contributed by atoms with Crippen LogP contribution in [-0.4, -0.2) is 22.3 Å². The highest BCUT2D eigenvalue weighted by Crippen LogP contribution is 2.30.